The van der Waals surface area contributed by atoms with Gasteiger partial charge in [0, 0.05) is 18.8 Å². The maximum absolute atomic E-state index is 12.5. The molecule has 0 fully saturated rings. The summed E-state index contributed by atoms with van der Waals surface area (Å²) in [6.07, 6.45) is 0. The van der Waals surface area contributed by atoms with Crippen LogP contribution in [0.4, 0.5) is 10.5 Å². The van der Waals surface area contributed by atoms with Crippen molar-refractivity contribution in [3.05, 3.63) is 54.1 Å². The minimum absolute atomic E-state index is 0.458. The first kappa shape index (κ1) is 16.6. The van der Waals surface area contributed by atoms with Crippen molar-refractivity contribution >= 4 is 17.6 Å². The average molecular weight is 341 g/mol. The Bertz CT molecular complexity index is 764. The van der Waals surface area contributed by atoms with E-state index in [0.717, 1.165) is 5.56 Å². The molecule has 0 bridgehead atoms. The van der Waals surface area contributed by atoms with Crippen molar-refractivity contribution in [3.8, 4) is 11.5 Å². The zero-order chi connectivity index (χ0) is 17.6. The third-order valence-electron chi connectivity index (χ3n) is 3.71. The summed E-state index contributed by atoms with van der Waals surface area (Å²) in [6.45, 7) is 0.997. The van der Waals surface area contributed by atoms with Gasteiger partial charge in [-0.1, -0.05) is 30.3 Å². The highest BCUT2D eigenvalue weighted by Crippen LogP contribution is 2.33. The second-order valence-electron chi connectivity index (χ2n) is 5.41. The molecule has 3 rings (SSSR count). The number of benzene rings is 2. The zero-order valence-corrected chi connectivity index (χ0v) is 13.7. The second kappa shape index (κ2) is 7.57. The Labute approximate surface area is 145 Å². The molecular weight excluding hydrogens is 322 g/mol. The number of nitrogens with one attached hydrogen (secondary N) is 3. The van der Waals surface area contributed by atoms with Crippen LogP contribution < -0.4 is 25.4 Å². The predicted octanol–water partition coefficient (Wildman–Crippen LogP) is 2.07. The summed E-state index contributed by atoms with van der Waals surface area (Å²) in [5.74, 6) is 0.832. The Morgan fingerprint density at radius 1 is 1.00 bits per heavy atom. The normalized spacial score (nSPS) is 13.5. The van der Waals surface area contributed by atoms with Gasteiger partial charge < -0.3 is 20.1 Å². The van der Waals surface area contributed by atoms with Crippen LogP contribution in [0.15, 0.2) is 48.5 Å². The predicted molar refractivity (Wildman–Crippen MR) is 92.8 cm³/mol. The quantitative estimate of drug-likeness (QED) is 0.792. The maximum Gasteiger partial charge on any atom is 0.321 e. The molecule has 1 aliphatic rings. The van der Waals surface area contributed by atoms with Gasteiger partial charge >= 0.3 is 6.03 Å². The summed E-state index contributed by atoms with van der Waals surface area (Å²) in [7, 11) is 1.45. The highest BCUT2D eigenvalue weighted by Gasteiger charge is 2.23. The molecule has 25 heavy (non-hydrogen) atoms. The molecule has 0 aliphatic carbocycles. The first-order valence-corrected chi connectivity index (χ1v) is 7.91. The van der Waals surface area contributed by atoms with Crippen LogP contribution in [0.3, 0.4) is 0 Å². The number of anilines is 1. The minimum atomic E-state index is -0.735. The Morgan fingerprint density at radius 2 is 1.72 bits per heavy atom. The highest BCUT2D eigenvalue weighted by atomic mass is 16.6. The van der Waals surface area contributed by atoms with Crippen molar-refractivity contribution in [1.82, 2.24) is 10.6 Å². The van der Waals surface area contributed by atoms with Crippen molar-refractivity contribution in [2.24, 2.45) is 0 Å². The molecule has 0 spiro atoms. The number of rotatable bonds is 4. The Morgan fingerprint density at radius 3 is 2.44 bits per heavy atom. The molecule has 130 valence electrons. The summed E-state index contributed by atoms with van der Waals surface area (Å²) in [6, 6.07) is 13.2. The molecule has 1 atom stereocenters. The van der Waals surface area contributed by atoms with E-state index in [1.807, 2.05) is 30.3 Å². The maximum atomic E-state index is 12.5. The van der Waals surface area contributed by atoms with E-state index in [0.29, 0.717) is 30.4 Å². The number of ether oxygens (including phenoxy) is 2. The molecule has 7 heteroatoms. The molecule has 0 radical (unpaired) electrons. The third kappa shape index (κ3) is 4.00. The average Bonchev–Trinajstić information content (AvgIpc) is 2.66. The lowest BCUT2D eigenvalue weighted by Gasteiger charge is -2.22. The number of hydrogen-bond acceptors (Lipinski definition) is 5. The summed E-state index contributed by atoms with van der Waals surface area (Å²) in [5, 5.41) is 7.82. The van der Waals surface area contributed by atoms with E-state index in [9.17, 15) is 9.59 Å². The standard InChI is InChI=1S/C18H19N3O4/c1-19-18(23)21-17(22)16(12-5-3-2-4-6-12)20-13-7-8-14-15(11-13)25-10-9-24-14/h2-8,11,16,20H,9-10H2,1H3,(H2,19,21,22,23)/t16-/m1/s1. The van der Waals surface area contributed by atoms with E-state index in [1.54, 1.807) is 18.2 Å². The smallest absolute Gasteiger partial charge is 0.321 e. The first-order valence-electron chi connectivity index (χ1n) is 7.91. The van der Waals surface area contributed by atoms with Crippen LogP contribution in [0.25, 0.3) is 0 Å². The number of carbonyl (C=O) groups excluding carboxylic acids is 2. The van der Waals surface area contributed by atoms with Gasteiger partial charge in [-0.05, 0) is 17.7 Å². The summed E-state index contributed by atoms with van der Waals surface area (Å²) >= 11 is 0. The number of amides is 3. The van der Waals surface area contributed by atoms with Gasteiger partial charge in [0.25, 0.3) is 5.91 Å². The summed E-state index contributed by atoms with van der Waals surface area (Å²) in [4.78, 5) is 24.0. The third-order valence-corrected chi connectivity index (χ3v) is 3.71. The van der Waals surface area contributed by atoms with Gasteiger partial charge in [-0.2, -0.15) is 0 Å². The fraction of sp³-hybridized carbons (Fsp3) is 0.222. The van der Waals surface area contributed by atoms with E-state index in [2.05, 4.69) is 16.0 Å². The molecule has 2 aromatic rings. The lowest BCUT2D eigenvalue weighted by molar-refractivity contribution is -0.120. The van der Waals surface area contributed by atoms with Gasteiger partial charge in [0.2, 0.25) is 0 Å². The van der Waals surface area contributed by atoms with Gasteiger partial charge in [0.1, 0.15) is 19.3 Å². The second-order valence-corrected chi connectivity index (χ2v) is 5.41. The fourth-order valence-electron chi connectivity index (χ4n) is 2.49. The van der Waals surface area contributed by atoms with Crippen LogP contribution in [0.5, 0.6) is 11.5 Å². The number of urea groups is 1. The minimum Gasteiger partial charge on any atom is -0.486 e. The molecule has 0 unspecified atom stereocenters. The van der Waals surface area contributed by atoms with Gasteiger partial charge in [0.05, 0.1) is 0 Å². The Balaban J connectivity index is 1.84. The summed E-state index contributed by atoms with van der Waals surface area (Å²) in [5.41, 5.74) is 1.42. The van der Waals surface area contributed by atoms with E-state index in [1.165, 1.54) is 7.05 Å². The fourth-order valence-corrected chi connectivity index (χ4v) is 2.49. The van der Waals surface area contributed by atoms with Crippen LogP contribution >= 0.6 is 0 Å². The monoisotopic (exact) mass is 341 g/mol. The largest absolute Gasteiger partial charge is 0.486 e. The van der Waals surface area contributed by atoms with Gasteiger partial charge in [-0.15, -0.1) is 0 Å². The van der Waals surface area contributed by atoms with Crippen LogP contribution in [-0.4, -0.2) is 32.2 Å². The molecule has 1 heterocycles. The van der Waals surface area contributed by atoms with E-state index >= 15 is 0 Å². The highest BCUT2D eigenvalue weighted by molar-refractivity contribution is 5.98. The van der Waals surface area contributed by atoms with E-state index < -0.39 is 18.0 Å². The zero-order valence-electron chi connectivity index (χ0n) is 13.7. The van der Waals surface area contributed by atoms with Crippen LogP contribution in [-0.2, 0) is 4.79 Å². The lowest BCUT2D eigenvalue weighted by atomic mass is 10.1. The lowest BCUT2D eigenvalue weighted by Crippen LogP contribution is -2.42. The summed E-state index contributed by atoms with van der Waals surface area (Å²) < 4.78 is 11.1. The molecule has 1 aliphatic heterocycles. The van der Waals surface area contributed by atoms with Crippen molar-refractivity contribution in [2.75, 3.05) is 25.6 Å². The van der Waals surface area contributed by atoms with Crippen LogP contribution in [0.2, 0.25) is 0 Å². The topological polar surface area (TPSA) is 88.7 Å². The van der Waals surface area contributed by atoms with E-state index in [4.69, 9.17) is 9.47 Å². The number of carbonyl (C=O) groups is 2. The molecule has 0 saturated heterocycles. The molecule has 3 amide bonds. The van der Waals surface area contributed by atoms with Crippen LogP contribution in [0, 0.1) is 0 Å². The SMILES string of the molecule is CNC(=O)NC(=O)[C@H](Nc1ccc2c(c1)OCCO2)c1ccccc1. The molecule has 0 saturated carbocycles. The molecule has 7 nitrogen and oxygen atoms in total. The van der Waals surface area contributed by atoms with Crippen LogP contribution in [0.1, 0.15) is 11.6 Å². The number of hydrogen-bond donors (Lipinski definition) is 3. The number of imide groups is 1. The van der Waals surface area contributed by atoms with Gasteiger partial charge in [-0.3, -0.25) is 10.1 Å². The van der Waals surface area contributed by atoms with Crippen molar-refractivity contribution in [3.63, 3.8) is 0 Å². The Hall–Kier alpha value is -3.22. The Kier molecular flexibility index (Phi) is 5.03. The van der Waals surface area contributed by atoms with Crippen molar-refractivity contribution in [2.45, 2.75) is 6.04 Å². The number of fused-ring (bicyclic) bond motifs is 1. The molecule has 2 aromatic carbocycles. The van der Waals surface area contributed by atoms with Gasteiger partial charge in [-0.25, -0.2) is 4.79 Å². The molecule has 0 aromatic heterocycles. The first-order chi connectivity index (χ1) is 12.2. The molecular formula is C18H19N3O4. The van der Waals surface area contributed by atoms with Crippen molar-refractivity contribution < 1.29 is 19.1 Å². The van der Waals surface area contributed by atoms with Gasteiger partial charge in [0.15, 0.2) is 11.5 Å². The molecule has 3 N–H and O–H groups in total. The van der Waals surface area contributed by atoms with Crippen molar-refractivity contribution in [1.29, 1.82) is 0 Å². The van der Waals surface area contributed by atoms with E-state index in [-0.39, 0.29) is 0 Å².